The van der Waals surface area contributed by atoms with Gasteiger partial charge in [-0.15, -0.1) is 24.1 Å². The third-order valence-corrected chi connectivity index (χ3v) is 3.46. The number of nitrogens with zero attached hydrogens (tertiary/aromatic N) is 1. The maximum absolute atomic E-state index is 11.7. The van der Waals surface area contributed by atoms with Crippen LogP contribution in [0.1, 0.15) is 25.7 Å². The number of carboxylic acids is 1. The Morgan fingerprint density at radius 2 is 2.25 bits per heavy atom. The van der Waals surface area contributed by atoms with Gasteiger partial charge >= 0.3 is 5.97 Å². The minimum atomic E-state index is -0.915. The molecule has 1 rings (SSSR count). The smallest absolute Gasteiger partial charge is 0.327 e. The molecule has 1 aliphatic rings. The first-order chi connectivity index (χ1) is 7.66. The summed E-state index contributed by atoms with van der Waals surface area (Å²) in [6.45, 7) is 0. The number of unbranched alkanes of at least 4 members (excludes halogenated alkanes) is 2. The van der Waals surface area contributed by atoms with Crippen molar-refractivity contribution in [3.8, 4) is 12.3 Å². The molecule has 1 heterocycles. The largest absolute Gasteiger partial charge is 0.480 e. The lowest BCUT2D eigenvalue weighted by Crippen LogP contribution is -2.41. The van der Waals surface area contributed by atoms with E-state index >= 15 is 0 Å². The normalized spacial score (nSPS) is 19.4. The van der Waals surface area contributed by atoms with E-state index in [9.17, 15) is 9.59 Å². The van der Waals surface area contributed by atoms with Crippen LogP contribution in [0.3, 0.4) is 0 Å². The third-order valence-electron chi connectivity index (χ3n) is 2.45. The van der Waals surface area contributed by atoms with Gasteiger partial charge in [0.05, 0.1) is 5.88 Å². The van der Waals surface area contributed by atoms with Gasteiger partial charge < -0.3 is 10.0 Å². The Balaban J connectivity index is 2.36. The number of hydrogen-bond acceptors (Lipinski definition) is 3. The highest BCUT2D eigenvalue weighted by molar-refractivity contribution is 7.99. The summed E-state index contributed by atoms with van der Waals surface area (Å²) < 4.78 is 0. The van der Waals surface area contributed by atoms with E-state index in [0.29, 0.717) is 24.5 Å². The van der Waals surface area contributed by atoms with Gasteiger partial charge in [0.1, 0.15) is 6.04 Å². The van der Waals surface area contributed by atoms with Gasteiger partial charge in [-0.3, -0.25) is 4.79 Å². The first kappa shape index (κ1) is 12.9. The summed E-state index contributed by atoms with van der Waals surface area (Å²) in [6.07, 6.45) is 7.72. The Morgan fingerprint density at radius 3 is 2.88 bits per heavy atom. The monoisotopic (exact) mass is 241 g/mol. The van der Waals surface area contributed by atoms with Crippen LogP contribution in [-0.4, -0.2) is 39.6 Å². The van der Waals surface area contributed by atoms with Gasteiger partial charge in [0.2, 0.25) is 5.91 Å². The average molecular weight is 241 g/mol. The molecule has 1 amide bonds. The van der Waals surface area contributed by atoms with Crippen LogP contribution in [0.5, 0.6) is 0 Å². The van der Waals surface area contributed by atoms with E-state index in [1.54, 1.807) is 0 Å². The van der Waals surface area contributed by atoms with Crippen LogP contribution in [0, 0.1) is 12.3 Å². The number of hydrogen-bond donors (Lipinski definition) is 1. The second kappa shape index (κ2) is 6.44. The van der Waals surface area contributed by atoms with Crippen LogP contribution in [0.25, 0.3) is 0 Å². The molecule has 0 aliphatic carbocycles. The molecule has 1 N–H and O–H groups in total. The molecule has 88 valence electrons. The standard InChI is InChI=1S/C11H15NO3S/c1-2-3-4-5-6-10(13)12-8-16-7-9(12)11(14)15/h1,9H,3-8H2,(H,14,15). The molecule has 0 radical (unpaired) electrons. The number of terminal acetylenes is 1. The minimum Gasteiger partial charge on any atom is -0.480 e. The summed E-state index contributed by atoms with van der Waals surface area (Å²) >= 11 is 1.48. The maximum Gasteiger partial charge on any atom is 0.327 e. The first-order valence-electron chi connectivity index (χ1n) is 5.20. The average Bonchev–Trinajstić information content (AvgIpc) is 2.73. The highest BCUT2D eigenvalue weighted by Gasteiger charge is 2.33. The van der Waals surface area contributed by atoms with Crippen LogP contribution >= 0.6 is 11.8 Å². The second-order valence-corrected chi connectivity index (χ2v) is 4.63. The zero-order valence-electron chi connectivity index (χ0n) is 9.02. The highest BCUT2D eigenvalue weighted by Crippen LogP contribution is 2.22. The van der Waals surface area contributed by atoms with Gasteiger partial charge in [0, 0.05) is 18.6 Å². The molecule has 0 aromatic heterocycles. The zero-order valence-corrected chi connectivity index (χ0v) is 9.83. The third kappa shape index (κ3) is 3.46. The lowest BCUT2D eigenvalue weighted by Gasteiger charge is -2.20. The van der Waals surface area contributed by atoms with E-state index in [4.69, 9.17) is 11.5 Å². The molecule has 1 fully saturated rings. The molecule has 0 spiro atoms. The number of carbonyl (C=O) groups is 2. The van der Waals surface area contributed by atoms with Crippen LogP contribution in [0.15, 0.2) is 0 Å². The Bertz CT molecular complexity index is 311. The van der Waals surface area contributed by atoms with Gasteiger partial charge in [0.25, 0.3) is 0 Å². The van der Waals surface area contributed by atoms with Crippen molar-refractivity contribution in [2.45, 2.75) is 31.7 Å². The molecule has 1 saturated heterocycles. The van der Waals surface area contributed by atoms with Crippen molar-refractivity contribution in [2.75, 3.05) is 11.6 Å². The van der Waals surface area contributed by atoms with Gasteiger partial charge in [-0.2, -0.15) is 0 Å². The van der Waals surface area contributed by atoms with Gasteiger partial charge in [0.15, 0.2) is 0 Å². The minimum absolute atomic E-state index is 0.0746. The van der Waals surface area contributed by atoms with Gasteiger partial charge in [-0.25, -0.2) is 4.79 Å². The van der Waals surface area contributed by atoms with Crippen molar-refractivity contribution in [2.24, 2.45) is 0 Å². The summed E-state index contributed by atoms with van der Waals surface area (Å²) in [5.41, 5.74) is 0. The van der Waals surface area contributed by atoms with Crippen molar-refractivity contribution in [3.05, 3.63) is 0 Å². The van der Waals surface area contributed by atoms with E-state index in [1.165, 1.54) is 16.7 Å². The summed E-state index contributed by atoms with van der Waals surface area (Å²) in [6, 6.07) is -0.648. The number of aliphatic carboxylic acids is 1. The fourth-order valence-electron chi connectivity index (χ4n) is 1.54. The first-order valence-corrected chi connectivity index (χ1v) is 6.35. The summed E-state index contributed by atoms with van der Waals surface area (Å²) in [7, 11) is 0. The second-order valence-electron chi connectivity index (χ2n) is 3.63. The lowest BCUT2D eigenvalue weighted by atomic mass is 10.1. The quantitative estimate of drug-likeness (QED) is 0.580. The Labute approximate surface area is 99.4 Å². The molecular formula is C11H15NO3S. The van der Waals surface area contributed by atoms with Crippen molar-refractivity contribution in [1.82, 2.24) is 4.90 Å². The molecule has 5 heteroatoms. The Morgan fingerprint density at radius 1 is 1.50 bits per heavy atom. The predicted octanol–water partition coefficient (Wildman–Crippen LogP) is 1.17. The van der Waals surface area contributed by atoms with E-state index in [0.717, 1.165) is 12.8 Å². The number of rotatable bonds is 5. The molecule has 0 saturated carbocycles. The fourth-order valence-corrected chi connectivity index (χ4v) is 2.71. The van der Waals surface area contributed by atoms with E-state index in [-0.39, 0.29) is 5.91 Å². The molecule has 0 aromatic rings. The SMILES string of the molecule is C#CCCCCC(=O)N1CSCC1C(=O)O. The zero-order chi connectivity index (χ0) is 12.0. The number of thioether (sulfide) groups is 1. The topological polar surface area (TPSA) is 57.6 Å². The summed E-state index contributed by atoms with van der Waals surface area (Å²) in [5, 5.41) is 8.91. The molecule has 4 nitrogen and oxygen atoms in total. The summed E-state index contributed by atoms with van der Waals surface area (Å²) in [5.74, 6) is 2.51. The fraction of sp³-hybridized carbons (Fsp3) is 0.636. The van der Waals surface area contributed by atoms with Crippen LogP contribution in [0.2, 0.25) is 0 Å². The molecule has 0 aromatic carbocycles. The maximum atomic E-state index is 11.7. The van der Waals surface area contributed by atoms with Crippen LogP contribution < -0.4 is 0 Å². The molecule has 16 heavy (non-hydrogen) atoms. The van der Waals surface area contributed by atoms with Crippen molar-refractivity contribution in [1.29, 1.82) is 0 Å². The summed E-state index contributed by atoms with van der Waals surface area (Å²) in [4.78, 5) is 24.0. The molecular weight excluding hydrogens is 226 g/mol. The van der Waals surface area contributed by atoms with E-state index in [1.807, 2.05) is 0 Å². The Kier molecular flexibility index (Phi) is 5.20. The molecule has 1 atom stereocenters. The number of carboxylic acid groups (broad SMARTS) is 1. The van der Waals surface area contributed by atoms with Crippen molar-refractivity contribution in [3.63, 3.8) is 0 Å². The lowest BCUT2D eigenvalue weighted by molar-refractivity contribution is -0.147. The van der Waals surface area contributed by atoms with Crippen molar-refractivity contribution >= 4 is 23.6 Å². The van der Waals surface area contributed by atoms with Gasteiger partial charge in [-0.1, -0.05) is 0 Å². The Hall–Kier alpha value is -1.15. The molecule has 1 aliphatic heterocycles. The molecule has 0 bridgehead atoms. The number of carbonyl (C=O) groups excluding carboxylic acids is 1. The highest BCUT2D eigenvalue weighted by atomic mass is 32.2. The number of amides is 1. The van der Waals surface area contributed by atoms with E-state index in [2.05, 4.69) is 5.92 Å². The molecule has 1 unspecified atom stereocenters. The van der Waals surface area contributed by atoms with E-state index < -0.39 is 12.0 Å². The van der Waals surface area contributed by atoms with Crippen LogP contribution in [0.4, 0.5) is 0 Å². The van der Waals surface area contributed by atoms with Crippen molar-refractivity contribution < 1.29 is 14.7 Å². The predicted molar refractivity (Wildman–Crippen MR) is 62.9 cm³/mol. The van der Waals surface area contributed by atoms with Crippen LogP contribution in [-0.2, 0) is 9.59 Å². The van der Waals surface area contributed by atoms with Gasteiger partial charge in [-0.05, 0) is 12.8 Å².